The van der Waals surface area contributed by atoms with Crippen LogP contribution in [0.2, 0.25) is 0 Å². The molecule has 126 valence electrons. The molecule has 0 saturated carbocycles. The highest BCUT2D eigenvalue weighted by molar-refractivity contribution is 5.78. The first-order valence-corrected chi connectivity index (χ1v) is 8.23. The molecule has 0 aromatic carbocycles. The first-order valence-electron chi connectivity index (χ1n) is 8.23. The molecule has 2 aliphatic heterocycles. The number of halogens is 1. The zero-order chi connectivity index (χ0) is 16.5. The molecule has 2 aliphatic rings. The Morgan fingerprint density at radius 2 is 2.12 bits per heavy atom. The Kier molecular flexibility index (Phi) is 3.87. The summed E-state index contributed by atoms with van der Waals surface area (Å²) in [4.78, 5) is 23.9. The zero-order valence-corrected chi connectivity index (χ0v) is 13.3. The van der Waals surface area contributed by atoms with E-state index in [0.717, 1.165) is 31.6 Å². The number of carbonyl (C=O) groups is 1. The average molecular weight is 330 g/mol. The van der Waals surface area contributed by atoms with Crippen LogP contribution in [0, 0.1) is 5.82 Å². The van der Waals surface area contributed by atoms with Crippen LogP contribution in [0.1, 0.15) is 31.0 Å². The first-order chi connectivity index (χ1) is 11.7. The third kappa shape index (κ3) is 2.83. The van der Waals surface area contributed by atoms with Crippen LogP contribution in [-0.4, -0.2) is 50.2 Å². The summed E-state index contributed by atoms with van der Waals surface area (Å²) in [5.74, 6) is 0.321. The highest BCUT2D eigenvalue weighted by Crippen LogP contribution is 2.26. The third-order valence-electron chi connectivity index (χ3n) is 4.68. The van der Waals surface area contributed by atoms with Crippen LogP contribution in [0.5, 0.6) is 0 Å². The number of hydrogen-bond acceptors (Lipinski definition) is 5. The predicted molar refractivity (Wildman–Crippen MR) is 84.7 cm³/mol. The van der Waals surface area contributed by atoms with E-state index in [4.69, 9.17) is 0 Å². The summed E-state index contributed by atoms with van der Waals surface area (Å²) < 4.78 is 15.1. The van der Waals surface area contributed by atoms with Gasteiger partial charge in [-0.2, -0.15) is 5.10 Å². The topological polar surface area (TPSA) is 67.2 Å². The number of anilines is 1. The van der Waals surface area contributed by atoms with Crippen molar-refractivity contribution < 1.29 is 9.18 Å². The van der Waals surface area contributed by atoms with Gasteiger partial charge >= 0.3 is 0 Å². The van der Waals surface area contributed by atoms with Crippen LogP contribution in [0.15, 0.2) is 24.7 Å². The molecule has 0 spiro atoms. The van der Waals surface area contributed by atoms with Crippen molar-refractivity contribution >= 4 is 11.9 Å². The number of aromatic nitrogens is 4. The summed E-state index contributed by atoms with van der Waals surface area (Å²) in [6, 6.07) is 2.12. The van der Waals surface area contributed by atoms with Crippen LogP contribution >= 0.6 is 0 Å². The van der Waals surface area contributed by atoms with E-state index in [1.165, 1.54) is 12.4 Å². The van der Waals surface area contributed by atoms with E-state index >= 15 is 0 Å². The Morgan fingerprint density at radius 3 is 2.88 bits per heavy atom. The van der Waals surface area contributed by atoms with Crippen molar-refractivity contribution in [3.8, 4) is 0 Å². The molecule has 24 heavy (non-hydrogen) atoms. The molecule has 0 aliphatic carbocycles. The SMILES string of the molecule is O=C1CCCN1CC[C@H]1CN(c2ncc(F)cn2)Cc2ccnn21. The molecule has 2 aromatic rings. The van der Waals surface area contributed by atoms with Gasteiger partial charge in [-0.05, 0) is 18.9 Å². The molecule has 4 heterocycles. The second-order valence-electron chi connectivity index (χ2n) is 6.28. The Morgan fingerprint density at radius 1 is 1.29 bits per heavy atom. The number of nitrogens with zero attached hydrogens (tertiary/aromatic N) is 6. The van der Waals surface area contributed by atoms with Crippen molar-refractivity contribution in [2.45, 2.75) is 31.8 Å². The lowest BCUT2D eigenvalue weighted by atomic mass is 10.1. The van der Waals surface area contributed by atoms with E-state index in [0.29, 0.717) is 25.5 Å². The van der Waals surface area contributed by atoms with Crippen molar-refractivity contribution in [3.63, 3.8) is 0 Å². The van der Waals surface area contributed by atoms with Gasteiger partial charge in [0, 0.05) is 32.3 Å². The van der Waals surface area contributed by atoms with E-state index in [1.807, 2.05) is 20.5 Å². The highest BCUT2D eigenvalue weighted by atomic mass is 19.1. The van der Waals surface area contributed by atoms with Gasteiger partial charge in [0.15, 0.2) is 5.82 Å². The smallest absolute Gasteiger partial charge is 0.225 e. The number of rotatable bonds is 4. The molecular formula is C16H19FN6O. The van der Waals surface area contributed by atoms with Crippen LogP contribution < -0.4 is 4.90 Å². The molecule has 0 N–H and O–H groups in total. The fraction of sp³-hybridized carbons (Fsp3) is 0.500. The molecule has 1 atom stereocenters. The molecule has 0 bridgehead atoms. The van der Waals surface area contributed by atoms with Gasteiger partial charge in [0.1, 0.15) is 0 Å². The van der Waals surface area contributed by atoms with Gasteiger partial charge in [-0.1, -0.05) is 0 Å². The lowest BCUT2D eigenvalue weighted by molar-refractivity contribution is -0.127. The minimum Gasteiger partial charge on any atom is -0.343 e. The summed E-state index contributed by atoms with van der Waals surface area (Å²) in [7, 11) is 0. The minimum atomic E-state index is -0.440. The Bertz CT molecular complexity index is 730. The molecule has 0 radical (unpaired) electrons. The third-order valence-corrected chi connectivity index (χ3v) is 4.68. The maximum atomic E-state index is 13.1. The normalized spacial score (nSPS) is 20.5. The molecule has 8 heteroatoms. The van der Waals surface area contributed by atoms with E-state index in [1.54, 1.807) is 6.20 Å². The van der Waals surface area contributed by atoms with Crippen LogP contribution in [0.4, 0.5) is 10.3 Å². The van der Waals surface area contributed by atoms with Gasteiger partial charge < -0.3 is 9.80 Å². The van der Waals surface area contributed by atoms with Gasteiger partial charge in [-0.25, -0.2) is 14.4 Å². The largest absolute Gasteiger partial charge is 0.343 e. The number of carbonyl (C=O) groups excluding carboxylic acids is 1. The average Bonchev–Trinajstić information content (AvgIpc) is 3.22. The zero-order valence-electron chi connectivity index (χ0n) is 13.3. The molecular weight excluding hydrogens is 311 g/mol. The lowest BCUT2D eigenvalue weighted by Crippen LogP contribution is -2.40. The fourth-order valence-electron chi connectivity index (χ4n) is 3.47. The van der Waals surface area contributed by atoms with Crippen molar-refractivity contribution in [2.75, 3.05) is 24.5 Å². The minimum absolute atomic E-state index is 0.144. The van der Waals surface area contributed by atoms with Crippen molar-refractivity contribution in [3.05, 3.63) is 36.2 Å². The van der Waals surface area contributed by atoms with Gasteiger partial charge in [0.2, 0.25) is 11.9 Å². The summed E-state index contributed by atoms with van der Waals surface area (Å²) in [5.41, 5.74) is 1.08. The molecule has 2 aromatic heterocycles. The fourth-order valence-corrected chi connectivity index (χ4v) is 3.47. The summed E-state index contributed by atoms with van der Waals surface area (Å²) in [6.07, 6.45) is 6.61. The molecule has 1 fully saturated rings. The van der Waals surface area contributed by atoms with Crippen molar-refractivity contribution in [1.82, 2.24) is 24.6 Å². The van der Waals surface area contributed by atoms with E-state index in [2.05, 4.69) is 15.1 Å². The van der Waals surface area contributed by atoms with Crippen LogP contribution in [0.3, 0.4) is 0 Å². The summed E-state index contributed by atoms with van der Waals surface area (Å²) in [5, 5.41) is 4.43. The number of hydrogen-bond donors (Lipinski definition) is 0. The molecule has 7 nitrogen and oxygen atoms in total. The van der Waals surface area contributed by atoms with Crippen molar-refractivity contribution in [2.24, 2.45) is 0 Å². The Labute approximate surface area is 139 Å². The van der Waals surface area contributed by atoms with Gasteiger partial charge in [0.25, 0.3) is 0 Å². The number of likely N-dealkylation sites (tertiary alicyclic amines) is 1. The van der Waals surface area contributed by atoms with Gasteiger partial charge in [-0.15, -0.1) is 0 Å². The Balaban J connectivity index is 1.50. The van der Waals surface area contributed by atoms with Crippen LogP contribution in [-0.2, 0) is 11.3 Å². The molecule has 1 amide bonds. The maximum Gasteiger partial charge on any atom is 0.225 e. The quantitative estimate of drug-likeness (QED) is 0.847. The van der Waals surface area contributed by atoms with E-state index < -0.39 is 5.82 Å². The summed E-state index contributed by atoms with van der Waals surface area (Å²) >= 11 is 0. The standard InChI is InChI=1S/C16H19FN6O/c17-12-8-18-16(19-9-12)22-10-13-3-5-20-23(13)14(11-22)4-7-21-6-1-2-15(21)24/h3,5,8-9,14H,1-2,4,6-7,10-11H2/t14-/m0/s1. The maximum absolute atomic E-state index is 13.1. The number of amides is 1. The monoisotopic (exact) mass is 330 g/mol. The number of fused-ring (bicyclic) bond motifs is 1. The van der Waals surface area contributed by atoms with E-state index in [9.17, 15) is 9.18 Å². The van der Waals surface area contributed by atoms with E-state index in [-0.39, 0.29) is 11.9 Å². The van der Waals surface area contributed by atoms with Crippen molar-refractivity contribution in [1.29, 1.82) is 0 Å². The Hall–Kier alpha value is -2.51. The molecule has 1 saturated heterocycles. The lowest BCUT2D eigenvalue weighted by Gasteiger charge is -2.34. The second kappa shape index (κ2) is 6.18. The van der Waals surface area contributed by atoms with Gasteiger partial charge in [-0.3, -0.25) is 9.48 Å². The molecule has 0 unspecified atom stereocenters. The van der Waals surface area contributed by atoms with Crippen LogP contribution in [0.25, 0.3) is 0 Å². The first kappa shape index (κ1) is 15.0. The second-order valence-corrected chi connectivity index (χ2v) is 6.28. The van der Waals surface area contributed by atoms with Gasteiger partial charge in [0.05, 0.1) is 30.7 Å². The molecule has 4 rings (SSSR count). The highest BCUT2D eigenvalue weighted by Gasteiger charge is 2.28. The predicted octanol–water partition coefficient (Wildman–Crippen LogP) is 1.39. The summed E-state index contributed by atoms with van der Waals surface area (Å²) in [6.45, 7) is 2.93.